The normalized spacial score (nSPS) is 17.5. The molecule has 38 heavy (non-hydrogen) atoms. The number of allylic oxidation sites excluding steroid dienone is 3. The second kappa shape index (κ2) is 10.4. The number of furan rings is 1. The maximum absolute atomic E-state index is 13.5. The SMILES string of the molecule is Cc1ccc(C2C(C#N)=C(N)N(c3nnc(SCC(=O)Nc4cc(F)ccc4C)s3)C3=C2C(=O)CCC3)o1. The summed E-state index contributed by atoms with van der Waals surface area (Å²) in [5, 5.41) is 21.6. The molecule has 3 heterocycles. The van der Waals surface area contributed by atoms with Crippen LogP contribution in [0, 0.1) is 31.0 Å². The largest absolute Gasteiger partial charge is 0.465 e. The van der Waals surface area contributed by atoms with Crippen LogP contribution in [0.2, 0.25) is 0 Å². The lowest BCUT2D eigenvalue weighted by molar-refractivity contribution is -0.116. The number of amides is 1. The van der Waals surface area contributed by atoms with E-state index in [-0.39, 0.29) is 28.8 Å². The zero-order chi connectivity index (χ0) is 27.0. The predicted molar refractivity (Wildman–Crippen MR) is 142 cm³/mol. The fourth-order valence-electron chi connectivity index (χ4n) is 4.59. The van der Waals surface area contributed by atoms with Crippen LogP contribution in [-0.2, 0) is 9.59 Å². The Kier molecular flexibility index (Phi) is 7.05. The third-order valence-electron chi connectivity index (χ3n) is 6.35. The van der Waals surface area contributed by atoms with Crippen molar-refractivity contribution >= 4 is 45.6 Å². The Bertz CT molecular complexity index is 1550. The highest BCUT2D eigenvalue weighted by atomic mass is 32.2. The van der Waals surface area contributed by atoms with E-state index in [1.165, 1.54) is 35.2 Å². The van der Waals surface area contributed by atoms with Gasteiger partial charge in [0.1, 0.15) is 23.2 Å². The first-order valence-electron chi connectivity index (χ1n) is 11.8. The standard InChI is InChI=1S/C26H23FN6O3S2/c1-13-6-8-15(27)10-17(13)30-21(35)12-37-26-32-31-25(38-26)33-18-4-3-5-19(34)23(18)22(16(11-28)24(33)29)20-9-7-14(2)36-20/h6-10,22H,3-5,12,29H2,1-2H3,(H,30,35). The number of anilines is 2. The van der Waals surface area contributed by atoms with Gasteiger partial charge in [0.2, 0.25) is 11.0 Å². The van der Waals surface area contributed by atoms with Crippen molar-refractivity contribution in [1.29, 1.82) is 5.26 Å². The van der Waals surface area contributed by atoms with Crippen LogP contribution in [0.4, 0.5) is 15.2 Å². The van der Waals surface area contributed by atoms with E-state index in [1.807, 2.05) is 0 Å². The van der Waals surface area contributed by atoms with Crippen molar-refractivity contribution in [1.82, 2.24) is 10.2 Å². The van der Waals surface area contributed by atoms with E-state index in [0.717, 1.165) is 5.56 Å². The van der Waals surface area contributed by atoms with Gasteiger partial charge < -0.3 is 15.5 Å². The van der Waals surface area contributed by atoms with Gasteiger partial charge in [-0.15, -0.1) is 10.2 Å². The Balaban J connectivity index is 1.40. The van der Waals surface area contributed by atoms with Gasteiger partial charge in [-0.2, -0.15) is 5.26 Å². The molecule has 0 spiro atoms. The van der Waals surface area contributed by atoms with Crippen molar-refractivity contribution < 1.29 is 18.4 Å². The minimum Gasteiger partial charge on any atom is -0.465 e. The lowest BCUT2D eigenvalue weighted by atomic mass is 9.78. The van der Waals surface area contributed by atoms with Gasteiger partial charge in [-0.1, -0.05) is 29.2 Å². The van der Waals surface area contributed by atoms with Crippen molar-refractivity contribution in [2.45, 2.75) is 43.4 Å². The lowest BCUT2D eigenvalue weighted by Gasteiger charge is -2.37. The minimum atomic E-state index is -0.676. The summed E-state index contributed by atoms with van der Waals surface area (Å²) in [6.07, 6.45) is 1.60. The fraction of sp³-hybridized carbons (Fsp3) is 0.269. The highest BCUT2D eigenvalue weighted by molar-refractivity contribution is 8.01. The van der Waals surface area contributed by atoms with Crippen molar-refractivity contribution in [3.8, 4) is 6.07 Å². The summed E-state index contributed by atoms with van der Waals surface area (Å²) in [4.78, 5) is 27.2. The van der Waals surface area contributed by atoms with Crippen molar-refractivity contribution in [2.75, 3.05) is 16.0 Å². The van der Waals surface area contributed by atoms with Gasteiger partial charge in [0.15, 0.2) is 10.1 Å². The van der Waals surface area contributed by atoms with Gasteiger partial charge in [0, 0.05) is 23.4 Å². The highest BCUT2D eigenvalue weighted by Crippen LogP contribution is 2.47. The van der Waals surface area contributed by atoms with Gasteiger partial charge in [-0.25, -0.2) is 4.39 Å². The van der Waals surface area contributed by atoms with E-state index in [9.17, 15) is 19.2 Å². The number of nitrogens with two attached hydrogens (primary N) is 1. The molecule has 1 aliphatic carbocycles. The Hall–Kier alpha value is -3.95. The summed E-state index contributed by atoms with van der Waals surface area (Å²) in [7, 11) is 0. The van der Waals surface area contributed by atoms with Crippen LogP contribution < -0.4 is 16.0 Å². The molecule has 3 N–H and O–H groups in total. The zero-order valence-electron chi connectivity index (χ0n) is 20.6. The number of carbonyl (C=O) groups is 2. The minimum absolute atomic E-state index is 0.0334. The molecule has 9 nitrogen and oxygen atoms in total. The molecule has 3 aromatic rings. The number of nitrogens with zero attached hydrogens (tertiary/aromatic N) is 4. The molecule has 2 aliphatic rings. The van der Waals surface area contributed by atoms with Crippen molar-refractivity contribution in [3.05, 3.63) is 75.9 Å². The van der Waals surface area contributed by atoms with E-state index in [0.29, 0.717) is 57.2 Å². The fourth-order valence-corrected chi connectivity index (χ4v) is 6.27. The van der Waals surface area contributed by atoms with Crippen LogP contribution in [-0.4, -0.2) is 27.6 Å². The molecular weight excluding hydrogens is 527 g/mol. The van der Waals surface area contributed by atoms with Crippen molar-refractivity contribution in [3.63, 3.8) is 0 Å². The smallest absolute Gasteiger partial charge is 0.234 e. The van der Waals surface area contributed by atoms with Crippen LogP contribution in [0.25, 0.3) is 0 Å². The molecule has 2 aromatic heterocycles. The van der Waals surface area contributed by atoms with Gasteiger partial charge in [0.25, 0.3) is 0 Å². The molecule has 1 unspecified atom stereocenters. The second-order valence-electron chi connectivity index (χ2n) is 8.91. The molecule has 1 aliphatic heterocycles. The number of ketones is 1. The van der Waals surface area contributed by atoms with Gasteiger partial charge >= 0.3 is 0 Å². The molecule has 1 atom stereocenters. The summed E-state index contributed by atoms with van der Waals surface area (Å²) in [5.74, 6) is -0.107. The summed E-state index contributed by atoms with van der Waals surface area (Å²) >= 11 is 2.37. The third kappa shape index (κ3) is 4.82. The summed E-state index contributed by atoms with van der Waals surface area (Å²) in [5.41, 5.74) is 9.07. The summed E-state index contributed by atoms with van der Waals surface area (Å²) < 4.78 is 19.9. The Labute approximate surface area is 226 Å². The highest BCUT2D eigenvalue weighted by Gasteiger charge is 2.42. The lowest BCUT2D eigenvalue weighted by Crippen LogP contribution is -2.38. The second-order valence-corrected chi connectivity index (χ2v) is 11.1. The van der Waals surface area contributed by atoms with E-state index in [2.05, 4.69) is 21.6 Å². The number of hydrogen-bond donors (Lipinski definition) is 2. The molecule has 194 valence electrons. The molecule has 5 rings (SSSR count). The van der Waals surface area contributed by atoms with Gasteiger partial charge in [0.05, 0.1) is 23.3 Å². The number of Topliss-reactive ketones (excluding diaryl/α,β-unsaturated/α-hetero) is 1. The van der Waals surface area contributed by atoms with E-state index in [1.54, 1.807) is 36.9 Å². The van der Waals surface area contributed by atoms with E-state index < -0.39 is 11.7 Å². The first-order valence-corrected chi connectivity index (χ1v) is 13.6. The first kappa shape index (κ1) is 25.7. The van der Waals surface area contributed by atoms with Gasteiger partial charge in [-0.3, -0.25) is 14.5 Å². The molecule has 0 saturated heterocycles. The first-order chi connectivity index (χ1) is 18.3. The number of aryl methyl sites for hydroxylation is 2. The number of benzene rings is 1. The van der Waals surface area contributed by atoms with Crippen LogP contribution in [0.5, 0.6) is 0 Å². The molecular formula is C26H23FN6O3S2. The van der Waals surface area contributed by atoms with Crippen LogP contribution in [0.3, 0.4) is 0 Å². The number of carbonyl (C=O) groups excluding carboxylic acids is 2. The summed E-state index contributed by atoms with van der Waals surface area (Å²) in [6, 6.07) is 9.94. The van der Waals surface area contributed by atoms with Gasteiger partial charge in [-0.05, 0) is 56.5 Å². The van der Waals surface area contributed by atoms with Crippen LogP contribution >= 0.6 is 23.1 Å². The molecule has 0 radical (unpaired) electrons. The molecule has 1 aromatic carbocycles. The maximum Gasteiger partial charge on any atom is 0.234 e. The molecule has 0 fully saturated rings. The number of aromatic nitrogens is 2. The Morgan fingerprint density at radius 1 is 1.32 bits per heavy atom. The number of halogens is 1. The van der Waals surface area contributed by atoms with Crippen LogP contribution in [0.1, 0.15) is 42.3 Å². The average molecular weight is 551 g/mol. The zero-order valence-corrected chi connectivity index (χ0v) is 22.2. The number of hydrogen-bond acceptors (Lipinski definition) is 10. The summed E-state index contributed by atoms with van der Waals surface area (Å²) in [6.45, 7) is 3.58. The number of thioether (sulfide) groups is 1. The monoisotopic (exact) mass is 550 g/mol. The quantitative estimate of drug-likeness (QED) is 0.409. The average Bonchev–Trinajstić information content (AvgIpc) is 3.53. The molecule has 12 heteroatoms. The van der Waals surface area contributed by atoms with E-state index >= 15 is 0 Å². The maximum atomic E-state index is 13.5. The Morgan fingerprint density at radius 3 is 2.87 bits per heavy atom. The molecule has 1 amide bonds. The third-order valence-corrected chi connectivity index (χ3v) is 8.39. The van der Waals surface area contributed by atoms with Crippen LogP contribution in [0.15, 0.2) is 61.8 Å². The molecule has 0 bridgehead atoms. The molecule has 0 saturated carbocycles. The predicted octanol–water partition coefficient (Wildman–Crippen LogP) is 4.92. The van der Waals surface area contributed by atoms with Crippen molar-refractivity contribution in [2.24, 2.45) is 5.73 Å². The Morgan fingerprint density at radius 2 is 2.13 bits per heavy atom. The number of rotatable bonds is 6. The number of nitrogens with one attached hydrogen (secondary N) is 1. The van der Waals surface area contributed by atoms with E-state index in [4.69, 9.17) is 10.2 Å². The number of nitriles is 1. The topological polar surface area (TPSA) is 138 Å².